The molecule has 0 spiro atoms. The molecule has 3 rings (SSSR count). The van der Waals surface area contributed by atoms with Crippen LogP contribution in [0.4, 0.5) is 0 Å². The van der Waals surface area contributed by atoms with Crippen molar-refractivity contribution in [2.24, 2.45) is 11.3 Å². The number of hydrogen-bond donors (Lipinski definition) is 0. The summed E-state index contributed by atoms with van der Waals surface area (Å²) in [6.07, 6.45) is 7.27. The quantitative estimate of drug-likeness (QED) is 0.690. The molecular formula is C14H23NO2. The van der Waals surface area contributed by atoms with E-state index < -0.39 is 0 Å². The summed E-state index contributed by atoms with van der Waals surface area (Å²) < 4.78 is 5.39. The predicted octanol–water partition coefficient (Wildman–Crippen LogP) is 2.20. The van der Waals surface area contributed by atoms with Gasteiger partial charge in [-0.3, -0.25) is 9.69 Å². The zero-order chi connectivity index (χ0) is 11.9. The van der Waals surface area contributed by atoms with E-state index in [1.54, 1.807) is 0 Å². The van der Waals surface area contributed by atoms with Crippen LogP contribution in [0.5, 0.6) is 0 Å². The number of hydrogen-bond acceptors (Lipinski definition) is 3. The first-order chi connectivity index (χ1) is 8.28. The van der Waals surface area contributed by atoms with Crippen LogP contribution in [0.3, 0.4) is 0 Å². The number of piperidine rings is 1. The Bertz CT molecular complexity index is 315. The van der Waals surface area contributed by atoms with Crippen LogP contribution in [0.25, 0.3) is 0 Å². The first-order valence-electron chi connectivity index (χ1n) is 7.19. The summed E-state index contributed by atoms with van der Waals surface area (Å²) in [5.74, 6) is 0.850. The fourth-order valence-electron chi connectivity index (χ4n) is 4.55. The van der Waals surface area contributed by atoms with E-state index in [2.05, 4.69) is 4.90 Å². The van der Waals surface area contributed by atoms with Gasteiger partial charge < -0.3 is 4.74 Å². The minimum absolute atomic E-state index is 0.0964. The molecule has 3 heteroatoms. The minimum Gasteiger partial charge on any atom is -0.466 e. The maximum atomic E-state index is 12.4. The summed E-state index contributed by atoms with van der Waals surface area (Å²) in [5, 5.41) is 0. The molecule has 3 nitrogen and oxygen atoms in total. The van der Waals surface area contributed by atoms with Crippen molar-refractivity contribution in [2.45, 2.75) is 51.5 Å². The van der Waals surface area contributed by atoms with Crippen molar-refractivity contribution in [1.29, 1.82) is 0 Å². The fourth-order valence-corrected chi connectivity index (χ4v) is 4.55. The predicted molar refractivity (Wildman–Crippen MR) is 65.6 cm³/mol. The third-order valence-corrected chi connectivity index (χ3v) is 5.15. The van der Waals surface area contributed by atoms with Gasteiger partial charge in [-0.15, -0.1) is 0 Å². The maximum absolute atomic E-state index is 12.4. The van der Waals surface area contributed by atoms with Crippen molar-refractivity contribution >= 4 is 5.97 Å². The molecular weight excluding hydrogens is 214 g/mol. The van der Waals surface area contributed by atoms with Gasteiger partial charge in [-0.1, -0.05) is 6.42 Å². The Labute approximate surface area is 104 Å². The molecule has 0 bridgehead atoms. The Balaban J connectivity index is 1.89. The summed E-state index contributed by atoms with van der Waals surface area (Å²) in [6, 6.07) is 0.504. The highest BCUT2D eigenvalue weighted by Gasteiger charge is 2.58. The van der Waals surface area contributed by atoms with Crippen molar-refractivity contribution in [3.8, 4) is 0 Å². The molecule has 96 valence electrons. The third-order valence-electron chi connectivity index (χ3n) is 5.15. The Hall–Kier alpha value is -0.570. The highest BCUT2D eigenvalue weighted by Crippen LogP contribution is 2.52. The van der Waals surface area contributed by atoms with E-state index in [0.29, 0.717) is 12.6 Å². The van der Waals surface area contributed by atoms with Gasteiger partial charge in [-0.25, -0.2) is 0 Å². The smallest absolute Gasteiger partial charge is 0.313 e. The Morgan fingerprint density at radius 3 is 2.94 bits per heavy atom. The highest BCUT2D eigenvalue weighted by molar-refractivity contribution is 5.78. The first-order valence-corrected chi connectivity index (χ1v) is 7.19. The Morgan fingerprint density at radius 2 is 2.12 bits per heavy atom. The summed E-state index contributed by atoms with van der Waals surface area (Å²) in [4.78, 5) is 15.0. The van der Waals surface area contributed by atoms with Gasteiger partial charge in [-0.2, -0.15) is 0 Å². The van der Waals surface area contributed by atoms with E-state index in [1.807, 2.05) is 6.92 Å². The summed E-state index contributed by atoms with van der Waals surface area (Å²) in [7, 11) is 0. The number of esters is 1. The number of carbonyl (C=O) groups excluding carboxylic acids is 1. The van der Waals surface area contributed by atoms with Crippen LogP contribution < -0.4 is 0 Å². The van der Waals surface area contributed by atoms with E-state index in [0.717, 1.165) is 25.3 Å². The second kappa shape index (κ2) is 4.27. The zero-order valence-electron chi connectivity index (χ0n) is 10.8. The molecule has 0 aromatic heterocycles. The molecule has 2 saturated heterocycles. The molecule has 0 amide bonds. The van der Waals surface area contributed by atoms with Crippen LogP contribution in [0.15, 0.2) is 0 Å². The van der Waals surface area contributed by atoms with E-state index in [-0.39, 0.29) is 11.4 Å². The molecule has 2 aliphatic heterocycles. The lowest BCUT2D eigenvalue weighted by atomic mass is 9.64. The van der Waals surface area contributed by atoms with Crippen LogP contribution in [0, 0.1) is 11.3 Å². The molecule has 1 saturated carbocycles. The van der Waals surface area contributed by atoms with E-state index in [4.69, 9.17) is 4.74 Å². The standard InChI is InChI=1S/C14H23NO2/c1-2-17-13(16)14-7-3-5-11-6-4-9-15(10-8-14)12(11)14/h11-12H,2-10H2,1H3/t11-,12+,14-/m0/s1. The van der Waals surface area contributed by atoms with Gasteiger partial charge in [0.2, 0.25) is 0 Å². The van der Waals surface area contributed by atoms with Gasteiger partial charge in [0, 0.05) is 6.04 Å². The number of rotatable bonds is 2. The summed E-state index contributed by atoms with van der Waals surface area (Å²) in [6.45, 7) is 4.75. The van der Waals surface area contributed by atoms with Crippen molar-refractivity contribution in [3.63, 3.8) is 0 Å². The molecule has 0 unspecified atom stereocenters. The topological polar surface area (TPSA) is 29.5 Å². The second-order valence-corrected chi connectivity index (χ2v) is 5.90. The van der Waals surface area contributed by atoms with Gasteiger partial charge in [0.25, 0.3) is 0 Å². The average Bonchev–Trinajstić information content (AvgIpc) is 2.73. The van der Waals surface area contributed by atoms with Crippen LogP contribution in [-0.4, -0.2) is 36.6 Å². The zero-order valence-corrected chi connectivity index (χ0v) is 10.8. The maximum Gasteiger partial charge on any atom is 0.313 e. The SMILES string of the molecule is CCOC(=O)[C@@]12CCC[C@H]3CCCN(CC1)[C@H]32. The Morgan fingerprint density at radius 1 is 1.29 bits per heavy atom. The van der Waals surface area contributed by atoms with Gasteiger partial charge in [-0.05, 0) is 58.0 Å². The van der Waals surface area contributed by atoms with Crippen LogP contribution in [0.1, 0.15) is 45.4 Å². The van der Waals surface area contributed by atoms with Gasteiger partial charge in [0.15, 0.2) is 0 Å². The molecule has 3 fully saturated rings. The normalized spacial score (nSPS) is 41.0. The number of carbonyl (C=O) groups is 1. The van der Waals surface area contributed by atoms with Crippen LogP contribution in [-0.2, 0) is 9.53 Å². The molecule has 0 aromatic carbocycles. The summed E-state index contributed by atoms with van der Waals surface area (Å²) >= 11 is 0. The van der Waals surface area contributed by atoms with Crippen LogP contribution >= 0.6 is 0 Å². The average molecular weight is 237 g/mol. The van der Waals surface area contributed by atoms with Crippen molar-refractivity contribution in [3.05, 3.63) is 0 Å². The lowest BCUT2D eigenvalue weighted by Crippen LogP contribution is -2.54. The van der Waals surface area contributed by atoms with E-state index in [1.165, 1.54) is 32.2 Å². The third kappa shape index (κ3) is 1.62. The molecule has 2 heterocycles. The highest BCUT2D eigenvalue weighted by atomic mass is 16.5. The second-order valence-electron chi connectivity index (χ2n) is 5.90. The Kier molecular flexibility index (Phi) is 2.89. The van der Waals surface area contributed by atoms with Gasteiger partial charge in [0.05, 0.1) is 12.0 Å². The largest absolute Gasteiger partial charge is 0.466 e. The van der Waals surface area contributed by atoms with Crippen molar-refractivity contribution < 1.29 is 9.53 Å². The molecule has 3 aliphatic rings. The number of nitrogens with zero attached hydrogens (tertiary/aromatic N) is 1. The van der Waals surface area contributed by atoms with Crippen LogP contribution in [0.2, 0.25) is 0 Å². The molecule has 17 heavy (non-hydrogen) atoms. The molecule has 0 aromatic rings. The molecule has 0 N–H and O–H groups in total. The fraction of sp³-hybridized carbons (Fsp3) is 0.929. The minimum atomic E-state index is -0.140. The van der Waals surface area contributed by atoms with Crippen molar-refractivity contribution in [1.82, 2.24) is 4.90 Å². The molecule has 3 atom stereocenters. The van der Waals surface area contributed by atoms with E-state index >= 15 is 0 Å². The van der Waals surface area contributed by atoms with Gasteiger partial charge >= 0.3 is 5.97 Å². The monoisotopic (exact) mass is 237 g/mol. The lowest BCUT2D eigenvalue weighted by molar-refractivity contribution is -0.162. The molecule has 1 aliphatic carbocycles. The van der Waals surface area contributed by atoms with Gasteiger partial charge in [0.1, 0.15) is 0 Å². The van der Waals surface area contributed by atoms with E-state index in [9.17, 15) is 4.79 Å². The molecule has 0 radical (unpaired) electrons. The summed E-state index contributed by atoms with van der Waals surface area (Å²) in [5.41, 5.74) is -0.140. The first kappa shape index (κ1) is 11.5. The number of ether oxygens (including phenoxy) is 1. The lowest BCUT2D eigenvalue weighted by Gasteiger charge is -2.47. The van der Waals surface area contributed by atoms with Crippen molar-refractivity contribution in [2.75, 3.05) is 19.7 Å².